The third-order valence-electron chi connectivity index (χ3n) is 4.25. The van der Waals surface area contributed by atoms with E-state index < -0.39 is 42.3 Å². The molecule has 0 aromatic heterocycles. The van der Waals surface area contributed by atoms with Gasteiger partial charge < -0.3 is 10.4 Å². The lowest BCUT2D eigenvalue weighted by molar-refractivity contribution is -0.116. The van der Waals surface area contributed by atoms with E-state index in [0.717, 1.165) is 24.3 Å². The van der Waals surface area contributed by atoms with Gasteiger partial charge >= 0.3 is 0 Å². The molecule has 0 saturated carbocycles. The fourth-order valence-electron chi connectivity index (χ4n) is 2.76. The second-order valence-electron chi connectivity index (χ2n) is 6.34. The van der Waals surface area contributed by atoms with E-state index in [2.05, 4.69) is 10.0 Å². The van der Waals surface area contributed by atoms with E-state index in [1.807, 2.05) is 0 Å². The Morgan fingerprint density at radius 2 is 1.47 bits per heavy atom. The summed E-state index contributed by atoms with van der Waals surface area (Å²) in [5.41, 5.74) is 0.598. The molecule has 0 bridgehead atoms. The summed E-state index contributed by atoms with van der Waals surface area (Å²) in [7, 11) is -8.73. The van der Waals surface area contributed by atoms with Crippen molar-refractivity contribution in [2.75, 3.05) is 18.4 Å². The molecule has 0 aliphatic carbocycles. The third kappa shape index (κ3) is 4.94. The molecule has 158 valence electrons. The minimum atomic E-state index is -4.56. The van der Waals surface area contributed by atoms with Crippen LogP contribution in [0.5, 0.6) is 5.75 Å². The lowest BCUT2D eigenvalue weighted by Gasteiger charge is -2.11. The van der Waals surface area contributed by atoms with Gasteiger partial charge in [-0.25, -0.2) is 13.1 Å². The van der Waals surface area contributed by atoms with E-state index in [1.54, 1.807) is 36.4 Å². The first kappa shape index (κ1) is 21.7. The molecule has 0 radical (unpaired) electrons. The molecule has 3 aromatic carbocycles. The summed E-state index contributed by atoms with van der Waals surface area (Å²) in [5, 5.41) is 14.1. The van der Waals surface area contributed by atoms with Gasteiger partial charge in [-0.15, -0.1) is 0 Å². The van der Waals surface area contributed by atoms with Crippen LogP contribution in [0.15, 0.2) is 70.5 Å². The number of fused-ring (bicyclic) bond motifs is 1. The number of benzene rings is 3. The Kier molecular flexibility index (Phi) is 6.08. The van der Waals surface area contributed by atoms with E-state index in [1.165, 1.54) is 0 Å². The highest BCUT2D eigenvalue weighted by molar-refractivity contribution is 7.89. The predicted octanol–water partition coefficient (Wildman–Crippen LogP) is 1.75. The lowest BCUT2D eigenvalue weighted by Crippen LogP contribution is -2.32. The van der Waals surface area contributed by atoms with E-state index in [4.69, 9.17) is 4.55 Å². The zero-order valence-electron chi connectivity index (χ0n) is 15.4. The van der Waals surface area contributed by atoms with Crippen molar-refractivity contribution in [2.24, 2.45) is 0 Å². The molecular weight excluding hydrogens is 432 g/mol. The highest BCUT2D eigenvalue weighted by Crippen LogP contribution is 2.29. The Morgan fingerprint density at radius 1 is 0.833 bits per heavy atom. The molecule has 4 N–H and O–H groups in total. The minimum absolute atomic E-state index is 0.0994. The van der Waals surface area contributed by atoms with Gasteiger partial charge in [-0.3, -0.25) is 9.35 Å². The summed E-state index contributed by atoms with van der Waals surface area (Å²) in [5.74, 6) is -0.371. The van der Waals surface area contributed by atoms with Crippen molar-refractivity contribution in [1.82, 2.24) is 4.72 Å². The van der Waals surface area contributed by atoms with Gasteiger partial charge in [0.2, 0.25) is 10.0 Å². The number of carbonyl (C=O) groups is 1. The van der Waals surface area contributed by atoms with Crippen LogP contribution in [0, 0.1) is 0 Å². The second kappa shape index (κ2) is 8.40. The third-order valence-corrected chi connectivity index (χ3v) is 6.50. The molecule has 0 amide bonds. The van der Waals surface area contributed by atoms with Crippen molar-refractivity contribution in [3.05, 3.63) is 60.7 Å². The molecule has 0 heterocycles. The smallest absolute Gasteiger partial charge is 0.294 e. The van der Waals surface area contributed by atoms with Crippen molar-refractivity contribution in [3.8, 4) is 5.75 Å². The highest BCUT2D eigenvalue weighted by atomic mass is 32.2. The van der Waals surface area contributed by atoms with Crippen LogP contribution in [0.4, 0.5) is 5.69 Å². The molecular formula is C19H18N2O7S2. The normalized spacial score (nSPS) is 12.0. The Labute approximate surface area is 173 Å². The number of ketones is 1. The summed E-state index contributed by atoms with van der Waals surface area (Å²) in [6, 6.07) is 14.3. The molecule has 0 fully saturated rings. The number of phenolic OH excluding ortho intramolecular Hbond substituents is 1. The zero-order valence-corrected chi connectivity index (χ0v) is 17.1. The summed E-state index contributed by atoms with van der Waals surface area (Å²) in [6.45, 7) is -0.705. The molecule has 0 aliphatic rings. The van der Waals surface area contributed by atoms with Crippen LogP contribution >= 0.6 is 0 Å². The van der Waals surface area contributed by atoms with Crippen LogP contribution < -0.4 is 10.0 Å². The number of nitrogens with one attached hydrogen (secondary N) is 2. The van der Waals surface area contributed by atoms with Crippen molar-refractivity contribution in [1.29, 1.82) is 0 Å². The van der Waals surface area contributed by atoms with Gasteiger partial charge in [0.1, 0.15) is 5.75 Å². The summed E-state index contributed by atoms with van der Waals surface area (Å²) in [6.07, 6.45) is 0. The van der Waals surface area contributed by atoms with Gasteiger partial charge in [-0.05, 0) is 30.3 Å². The summed E-state index contributed by atoms with van der Waals surface area (Å²) < 4.78 is 58.1. The fourth-order valence-corrected chi connectivity index (χ4v) is 4.42. The summed E-state index contributed by atoms with van der Waals surface area (Å²) >= 11 is 0. The Bertz CT molecular complexity index is 1320. The maximum Gasteiger partial charge on any atom is 0.294 e. The monoisotopic (exact) mass is 450 g/mol. The van der Waals surface area contributed by atoms with Gasteiger partial charge in [-0.1, -0.05) is 30.3 Å². The lowest BCUT2D eigenvalue weighted by atomic mass is 10.1. The number of hydrogen-bond acceptors (Lipinski definition) is 7. The predicted molar refractivity (Wildman–Crippen MR) is 111 cm³/mol. The molecule has 11 heteroatoms. The fraction of sp³-hybridized carbons (Fsp3) is 0.105. The number of anilines is 1. The van der Waals surface area contributed by atoms with Crippen molar-refractivity contribution < 1.29 is 31.3 Å². The average Bonchev–Trinajstić information content (AvgIpc) is 2.70. The van der Waals surface area contributed by atoms with Crippen LogP contribution in [0.2, 0.25) is 0 Å². The molecule has 9 nitrogen and oxygen atoms in total. The minimum Gasteiger partial charge on any atom is -0.507 e. The van der Waals surface area contributed by atoms with Crippen molar-refractivity contribution in [3.63, 3.8) is 0 Å². The number of Topliss-reactive ketones (excluding diaryl/α,β-unsaturated/α-hetero) is 1. The maximum atomic E-state index is 12.3. The highest BCUT2D eigenvalue weighted by Gasteiger charge is 2.19. The zero-order chi connectivity index (χ0) is 21.9. The molecule has 0 spiro atoms. The van der Waals surface area contributed by atoms with E-state index in [9.17, 15) is 26.7 Å². The van der Waals surface area contributed by atoms with Crippen LogP contribution in [-0.2, 0) is 24.9 Å². The first-order valence-electron chi connectivity index (χ1n) is 8.61. The van der Waals surface area contributed by atoms with E-state index in [-0.39, 0.29) is 12.3 Å². The van der Waals surface area contributed by atoms with E-state index >= 15 is 0 Å². The van der Waals surface area contributed by atoms with Crippen LogP contribution in [0.3, 0.4) is 0 Å². The van der Waals surface area contributed by atoms with Gasteiger partial charge in [0.25, 0.3) is 10.1 Å². The van der Waals surface area contributed by atoms with Crippen LogP contribution in [-0.4, -0.2) is 45.4 Å². The number of hydrogen-bond donors (Lipinski definition) is 4. The largest absolute Gasteiger partial charge is 0.507 e. The molecule has 0 unspecified atom stereocenters. The van der Waals surface area contributed by atoms with Crippen molar-refractivity contribution >= 4 is 42.4 Å². The van der Waals surface area contributed by atoms with Gasteiger partial charge in [-0.2, -0.15) is 8.42 Å². The standard InChI is InChI=1S/C19H18N2O7S2/c22-13(11-20-18-8-2-7-17-16(18)6-3-9-19(17)23)12-21-29(24,25)14-4-1-5-15(10-14)30(26,27)28/h1-10,20-21,23H,11-12H2,(H,26,27,28). The van der Waals surface area contributed by atoms with E-state index in [0.29, 0.717) is 16.5 Å². The van der Waals surface area contributed by atoms with Gasteiger partial charge in [0, 0.05) is 16.5 Å². The molecule has 0 aliphatic heterocycles. The molecule has 30 heavy (non-hydrogen) atoms. The average molecular weight is 450 g/mol. The first-order chi connectivity index (χ1) is 14.1. The topological polar surface area (TPSA) is 150 Å². The van der Waals surface area contributed by atoms with Crippen LogP contribution in [0.1, 0.15) is 0 Å². The van der Waals surface area contributed by atoms with Gasteiger partial charge in [0.05, 0.1) is 22.9 Å². The quantitative estimate of drug-likeness (QED) is 0.379. The Balaban J connectivity index is 1.66. The number of carbonyl (C=O) groups excluding carboxylic acids is 1. The van der Waals surface area contributed by atoms with Crippen molar-refractivity contribution in [2.45, 2.75) is 9.79 Å². The Morgan fingerprint density at radius 3 is 2.20 bits per heavy atom. The number of rotatable bonds is 8. The maximum absolute atomic E-state index is 12.3. The van der Waals surface area contributed by atoms with Crippen LogP contribution in [0.25, 0.3) is 10.8 Å². The number of aromatic hydroxyl groups is 1. The second-order valence-corrected chi connectivity index (χ2v) is 9.53. The molecule has 3 rings (SSSR count). The number of sulfonamides is 1. The molecule has 0 saturated heterocycles. The SMILES string of the molecule is O=C(CNc1cccc2c(O)cccc12)CNS(=O)(=O)c1cccc(S(=O)(=O)O)c1. The Hall–Kier alpha value is -2.99. The van der Waals surface area contributed by atoms with Gasteiger partial charge in [0.15, 0.2) is 5.78 Å². The molecule has 0 atom stereocenters. The molecule has 3 aromatic rings. The summed E-state index contributed by atoms with van der Waals surface area (Å²) in [4.78, 5) is 11.2. The number of phenols is 1. The first-order valence-corrected chi connectivity index (χ1v) is 11.5.